The Morgan fingerprint density at radius 2 is 1.96 bits per heavy atom. The third-order valence-corrected chi connectivity index (χ3v) is 6.79. The minimum absolute atomic E-state index is 0.0783. The van der Waals surface area contributed by atoms with E-state index in [4.69, 9.17) is 23.2 Å². The van der Waals surface area contributed by atoms with Crippen molar-refractivity contribution in [1.29, 1.82) is 0 Å². The van der Waals surface area contributed by atoms with Gasteiger partial charge in [-0.2, -0.15) is 5.10 Å². The predicted molar refractivity (Wildman–Crippen MR) is 104 cm³/mol. The Balaban J connectivity index is 1.92. The largest absolute Gasteiger partial charge is 0.342 e. The fraction of sp³-hybridized carbons (Fsp3) is 0.312. The van der Waals surface area contributed by atoms with E-state index < -0.39 is 15.6 Å². The van der Waals surface area contributed by atoms with Gasteiger partial charge in [-0.15, -0.1) is 0 Å². The molecule has 0 aliphatic rings. The van der Waals surface area contributed by atoms with Gasteiger partial charge in [0, 0.05) is 20.5 Å². The van der Waals surface area contributed by atoms with Crippen LogP contribution in [0.4, 0.5) is 0 Å². The Kier molecular flexibility index (Phi) is 5.31. The van der Waals surface area contributed by atoms with E-state index in [2.05, 4.69) is 15.1 Å². The lowest BCUT2D eigenvalue weighted by Crippen LogP contribution is -2.24. The Labute approximate surface area is 165 Å². The number of imidazole rings is 1. The number of benzene rings is 1. The van der Waals surface area contributed by atoms with Gasteiger partial charge < -0.3 is 4.98 Å². The van der Waals surface area contributed by atoms with Gasteiger partial charge in [-0.1, -0.05) is 23.2 Å². The first-order chi connectivity index (χ1) is 12.6. The number of halogens is 2. The molecule has 0 unspecified atom stereocenters. The number of hydrogen-bond acceptors (Lipinski definition) is 5. The second-order valence-corrected chi connectivity index (χ2v) is 9.10. The van der Waals surface area contributed by atoms with Crippen molar-refractivity contribution in [2.75, 3.05) is 14.1 Å². The molecule has 0 bridgehead atoms. The zero-order valence-corrected chi connectivity index (χ0v) is 17.2. The van der Waals surface area contributed by atoms with Gasteiger partial charge in [-0.3, -0.25) is 4.79 Å². The number of hydrogen-bond donors (Lipinski definition) is 1. The van der Waals surface area contributed by atoms with Crippen LogP contribution in [-0.2, 0) is 23.0 Å². The third kappa shape index (κ3) is 3.73. The number of nitrogens with one attached hydrogen (secondary N) is 1. The van der Waals surface area contributed by atoms with Gasteiger partial charge in [0.25, 0.3) is 5.56 Å². The van der Waals surface area contributed by atoms with Gasteiger partial charge in [-0.25, -0.2) is 22.4 Å². The number of sulfonamides is 1. The zero-order chi connectivity index (χ0) is 19.9. The van der Waals surface area contributed by atoms with Crippen LogP contribution in [0.5, 0.6) is 0 Å². The number of aromatic amines is 1. The van der Waals surface area contributed by atoms with E-state index >= 15 is 0 Å². The SMILES string of the molecule is Cc1cc2[nH]c(CCn3ncc(Cl)c(Cl)c3=O)nc2cc1S(=O)(=O)N(C)C. The molecule has 0 spiro atoms. The highest BCUT2D eigenvalue weighted by Gasteiger charge is 2.21. The molecule has 3 rings (SSSR count). The molecule has 3 aromatic rings. The summed E-state index contributed by atoms with van der Waals surface area (Å²) in [5.74, 6) is 0.601. The van der Waals surface area contributed by atoms with Crippen molar-refractivity contribution >= 4 is 44.3 Å². The molecule has 0 fully saturated rings. The Morgan fingerprint density at radius 1 is 1.26 bits per heavy atom. The van der Waals surface area contributed by atoms with Gasteiger partial charge in [-0.05, 0) is 24.6 Å². The lowest BCUT2D eigenvalue weighted by Gasteiger charge is -2.13. The molecule has 144 valence electrons. The number of aromatic nitrogens is 4. The molecule has 27 heavy (non-hydrogen) atoms. The van der Waals surface area contributed by atoms with Crippen LogP contribution in [0, 0.1) is 6.92 Å². The molecule has 0 aliphatic heterocycles. The lowest BCUT2D eigenvalue weighted by molar-refractivity contribution is 0.520. The summed E-state index contributed by atoms with van der Waals surface area (Å²) < 4.78 is 27.2. The fourth-order valence-electron chi connectivity index (χ4n) is 2.61. The van der Waals surface area contributed by atoms with Gasteiger partial charge in [0.1, 0.15) is 10.8 Å². The minimum atomic E-state index is -3.56. The van der Waals surface area contributed by atoms with Crippen LogP contribution in [0.1, 0.15) is 11.4 Å². The lowest BCUT2D eigenvalue weighted by atomic mass is 10.2. The highest BCUT2D eigenvalue weighted by Crippen LogP contribution is 2.24. The maximum absolute atomic E-state index is 12.4. The number of nitrogens with zero attached hydrogens (tertiary/aromatic N) is 4. The average Bonchev–Trinajstić information content (AvgIpc) is 2.99. The summed E-state index contributed by atoms with van der Waals surface area (Å²) >= 11 is 11.6. The Bertz CT molecular complexity index is 1180. The Morgan fingerprint density at radius 3 is 2.63 bits per heavy atom. The number of rotatable bonds is 5. The van der Waals surface area contributed by atoms with Gasteiger partial charge >= 0.3 is 0 Å². The number of aryl methyl sites for hydroxylation is 3. The smallest absolute Gasteiger partial charge is 0.287 e. The van der Waals surface area contributed by atoms with Crippen molar-refractivity contribution in [3.8, 4) is 0 Å². The second-order valence-electron chi connectivity index (χ2n) is 6.19. The first-order valence-corrected chi connectivity index (χ1v) is 10.1. The van der Waals surface area contributed by atoms with E-state index in [0.717, 1.165) is 9.82 Å². The van der Waals surface area contributed by atoms with Crippen molar-refractivity contribution < 1.29 is 8.42 Å². The van der Waals surface area contributed by atoms with E-state index in [1.165, 1.54) is 25.0 Å². The summed E-state index contributed by atoms with van der Waals surface area (Å²) in [7, 11) is -0.597. The van der Waals surface area contributed by atoms with E-state index in [-0.39, 0.29) is 21.5 Å². The van der Waals surface area contributed by atoms with Crippen LogP contribution >= 0.6 is 23.2 Å². The third-order valence-electron chi connectivity index (χ3n) is 4.09. The molecular formula is C16H17Cl2N5O3S. The molecule has 0 radical (unpaired) electrons. The molecule has 2 aromatic heterocycles. The molecule has 11 heteroatoms. The molecule has 2 heterocycles. The normalized spacial score (nSPS) is 12.2. The summed E-state index contributed by atoms with van der Waals surface area (Å²) in [6, 6.07) is 3.29. The van der Waals surface area contributed by atoms with Crippen molar-refractivity contribution in [2.24, 2.45) is 0 Å². The maximum Gasteiger partial charge on any atom is 0.287 e. The first kappa shape index (κ1) is 19.8. The molecular weight excluding hydrogens is 413 g/mol. The van der Waals surface area contributed by atoms with Crippen LogP contribution in [0.3, 0.4) is 0 Å². The van der Waals surface area contributed by atoms with Crippen LogP contribution in [-0.4, -0.2) is 46.6 Å². The van der Waals surface area contributed by atoms with Crippen LogP contribution < -0.4 is 5.56 Å². The molecule has 0 saturated carbocycles. The minimum Gasteiger partial charge on any atom is -0.342 e. The molecule has 0 aliphatic carbocycles. The standard InChI is InChI=1S/C16H17Cl2N5O3S/c1-9-6-11-12(7-13(9)27(25,26)22(2)3)21-14(20-11)4-5-23-16(24)15(18)10(17)8-19-23/h6-8H,4-5H2,1-3H3,(H,20,21). The maximum atomic E-state index is 12.4. The summed E-state index contributed by atoms with van der Waals surface area (Å²) in [5, 5.41) is 3.97. The average molecular weight is 430 g/mol. The van der Waals surface area contributed by atoms with E-state index in [9.17, 15) is 13.2 Å². The van der Waals surface area contributed by atoms with Gasteiger partial charge in [0.05, 0.1) is 33.7 Å². The molecule has 0 amide bonds. The first-order valence-electron chi connectivity index (χ1n) is 7.94. The highest BCUT2D eigenvalue weighted by atomic mass is 35.5. The molecule has 8 nitrogen and oxygen atoms in total. The topological polar surface area (TPSA) is 101 Å². The summed E-state index contributed by atoms with van der Waals surface area (Å²) in [5.41, 5.74) is 1.39. The molecule has 1 aromatic carbocycles. The number of fused-ring (bicyclic) bond motifs is 1. The van der Waals surface area contributed by atoms with Crippen molar-refractivity contribution in [3.63, 3.8) is 0 Å². The summed E-state index contributed by atoms with van der Waals surface area (Å²) in [6.45, 7) is 1.98. The van der Waals surface area contributed by atoms with Crippen LogP contribution in [0.15, 0.2) is 28.0 Å². The fourth-order valence-corrected chi connectivity index (χ4v) is 4.00. The van der Waals surface area contributed by atoms with Crippen molar-refractivity contribution in [3.05, 3.63) is 50.1 Å². The van der Waals surface area contributed by atoms with Crippen LogP contribution in [0.25, 0.3) is 11.0 Å². The van der Waals surface area contributed by atoms with E-state index in [1.807, 2.05) is 0 Å². The predicted octanol–water partition coefficient (Wildman–Crippen LogP) is 2.23. The summed E-state index contributed by atoms with van der Waals surface area (Å²) in [6.07, 6.45) is 1.69. The highest BCUT2D eigenvalue weighted by molar-refractivity contribution is 7.89. The number of H-pyrrole nitrogens is 1. The van der Waals surface area contributed by atoms with Crippen molar-refractivity contribution in [1.82, 2.24) is 24.1 Å². The summed E-state index contributed by atoms with van der Waals surface area (Å²) in [4.78, 5) is 19.8. The monoisotopic (exact) mass is 429 g/mol. The zero-order valence-electron chi connectivity index (χ0n) is 14.8. The van der Waals surface area contributed by atoms with Crippen LogP contribution in [0.2, 0.25) is 10.0 Å². The quantitative estimate of drug-likeness (QED) is 0.669. The van der Waals surface area contributed by atoms with E-state index in [1.54, 1.807) is 19.1 Å². The molecule has 1 N–H and O–H groups in total. The van der Waals surface area contributed by atoms with Gasteiger partial charge in [0.2, 0.25) is 10.0 Å². The Hall–Kier alpha value is -1.94. The molecule has 0 atom stereocenters. The second kappa shape index (κ2) is 7.23. The molecule has 0 saturated heterocycles. The van der Waals surface area contributed by atoms with E-state index in [0.29, 0.717) is 23.3 Å². The van der Waals surface area contributed by atoms with Gasteiger partial charge in [0.15, 0.2) is 0 Å². The van der Waals surface area contributed by atoms with Crippen molar-refractivity contribution in [2.45, 2.75) is 24.8 Å².